The summed E-state index contributed by atoms with van der Waals surface area (Å²) in [4.78, 5) is 12.7. The molecular formula is C23H15BrCl2O3. The molecule has 0 saturated heterocycles. The van der Waals surface area contributed by atoms with Gasteiger partial charge in [-0.3, -0.25) is 4.79 Å². The third-order valence-electron chi connectivity index (χ3n) is 4.58. The molecule has 0 N–H and O–H groups in total. The third kappa shape index (κ3) is 4.20. The Hall–Kier alpha value is -2.27. The predicted octanol–water partition coefficient (Wildman–Crippen LogP) is 7.26. The largest absolute Gasteiger partial charge is 0.488 e. The quantitative estimate of drug-likeness (QED) is 0.362. The number of ether oxygens (including phenoxy) is 2. The first-order valence-corrected chi connectivity index (χ1v) is 10.4. The number of hydrogen-bond acceptors (Lipinski definition) is 3. The molecule has 29 heavy (non-hydrogen) atoms. The first-order valence-electron chi connectivity index (χ1n) is 8.82. The maximum atomic E-state index is 12.7. The Bertz CT molecular complexity index is 1140. The summed E-state index contributed by atoms with van der Waals surface area (Å²) in [6.07, 6.45) is 1.74. The molecule has 4 rings (SSSR count). The molecule has 0 aromatic heterocycles. The van der Waals surface area contributed by atoms with Gasteiger partial charge in [-0.05, 0) is 60.5 Å². The van der Waals surface area contributed by atoms with Gasteiger partial charge in [0.2, 0.25) is 5.78 Å². The number of rotatable bonds is 4. The van der Waals surface area contributed by atoms with E-state index in [0.717, 1.165) is 21.2 Å². The highest BCUT2D eigenvalue weighted by atomic mass is 79.9. The van der Waals surface area contributed by atoms with E-state index in [1.807, 2.05) is 37.3 Å². The molecule has 0 bridgehead atoms. The molecule has 1 aliphatic rings. The number of ketones is 1. The molecule has 6 heteroatoms. The fourth-order valence-corrected chi connectivity index (χ4v) is 3.61. The van der Waals surface area contributed by atoms with Gasteiger partial charge in [-0.15, -0.1) is 0 Å². The summed E-state index contributed by atoms with van der Waals surface area (Å²) >= 11 is 15.4. The zero-order valence-corrected chi connectivity index (χ0v) is 18.4. The minimum absolute atomic E-state index is 0.137. The minimum atomic E-state index is -0.137. The van der Waals surface area contributed by atoms with Crippen molar-refractivity contribution in [2.45, 2.75) is 13.5 Å². The van der Waals surface area contributed by atoms with Crippen molar-refractivity contribution in [3.05, 3.63) is 97.1 Å². The number of Topliss-reactive ketones (excluding diaryl/α,β-unsaturated/α-hetero) is 1. The molecule has 0 unspecified atom stereocenters. The van der Waals surface area contributed by atoms with Crippen molar-refractivity contribution in [1.82, 2.24) is 0 Å². The summed E-state index contributed by atoms with van der Waals surface area (Å²) in [5, 5.41) is 0.983. The highest BCUT2D eigenvalue weighted by molar-refractivity contribution is 9.10. The van der Waals surface area contributed by atoms with Gasteiger partial charge >= 0.3 is 0 Å². The van der Waals surface area contributed by atoms with E-state index in [2.05, 4.69) is 15.9 Å². The second kappa shape index (κ2) is 8.23. The van der Waals surface area contributed by atoms with Crippen molar-refractivity contribution < 1.29 is 14.3 Å². The number of hydrogen-bond donors (Lipinski definition) is 0. The van der Waals surface area contributed by atoms with Crippen LogP contribution in [0.4, 0.5) is 0 Å². The van der Waals surface area contributed by atoms with Crippen LogP contribution in [0.1, 0.15) is 27.0 Å². The van der Waals surface area contributed by atoms with E-state index in [9.17, 15) is 4.79 Å². The third-order valence-corrected chi connectivity index (χ3v) is 5.85. The van der Waals surface area contributed by atoms with E-state index >= 15 is 0 Å². The number of carbonyl (C=O) groups excluding carboxylic acids is 1. The van der Waals surface area contributed by atoms with Gasteiger partial charge in [0.15, 0.2) is 5.76 Å². The molecule has 0 atom stereocenters. The molecule has 3 aromatic carbocycles. The number of allylic oxidation sites excluding steroid dienone is 1. The van der Waals surface area contributed by atoms with Crippen LogP contribution in [0, 0.1) is 6.92 Å². The average molecular weight is 490 g/mol. The lowest BCUT2D eigenvalue weighted by Crippen LogP contribution is -1.98. The van der Waals surface area contributed by atoms with Crippen LogP contribution >= 0.6 is 39.1 Å². The van der Waals surface area contributed by atoms with Gasteiger partial charge < -0.3 is 9.47 Å². The van der Waals surface area contributed by atoms with Gasteiger partial charge in [0, 0.05) is 10.0 Å². The topological polar surface area (TPSA) is 35.5 Å². The van der Waals surface area contributed by atoms with Crippen molar-refractivity contribution in [2.24, 2.45) is 0 Å². The standard InChI is InChI=1S/C23H15BrCl2O3/c1-13-20(28-12-15-4-8-18(25)19(26)10-15)9-7-17-22(27)21(29-23(13)17)11-14-2-5-16(24)6-3-14/h2-11H,12H2,1H3/b21-11-. The van der Waals surface area contributed by atoms with Crippen LogP contribution in [-0.4, -0.2) is 5.78 Å². The zero-order valence-electron chi connectivity index (χ0n) is 15.3. The molecule has 0 amide bonds. The van der Waals surface area contributed by atoms with Crippen LogP contribution in [0.25, 0.3) is 6.08 Å². The number of fused-ring (bicyclic) bond motifs is 1. The minimum Gasteiger partial charge on any atom is -0.488 e. The molecule has 1 heterocycles. The molecule has 0 spiro atoms. The monoisotopic (exact) mass is 488 g/mol. The lowest BCUT2D eigenvalue weighted by atomic mass is 10.1. The second-order valence-electron chi connectivity index (χ2n) is 6.59. The molecule has 0 aliphatic carbocycles. The van der Waals surface area contributed by atoms with E-state index < -0.39 is 0 Å². The number of carbonyl (C=O) groups is 1. The molecule has 0 fully saturated rings. The van der Waals surface area contributed by atoms with Gasteiger partial charge in [0.05, 0.1) is 15.6 Å². The first-order chi connectivity index (χ1) is 13.9. The van der Waals surface area contributed by atoms with Crippen LogP contribution in [0.15, 0.2) is 64.8 Å². The van der Waals surface area contributed by atoms with Crippen LogP contribution in [0.5, 0.6) is 11.5 Å². The van der Waals surface area contributed by atoms with E-state index in [0.29, 0.717) is 39.5 Å². The molecule has 3 nitrogen and oxygen atoms in total. The Labute approximate surface area is 187 Å². The number of benzene rings is 3. The summed E-state index contributed by atoms with van der Waals surface area (Å²) in [5.41, 5.74) is 3.09. The van der Waals surface area contributed by atoms with Crippen LogP contribution < -0.4 is 9.47 Å². The maximum Gasteiger partial charge on any atom is 0.231 e. The van der Waals surface area contributed by atoms with Gasteiger partial charge in [-0.2, -0.15) is 0 Å². The normalized spacial score (nSPS) is 14.1. The van der Waals surface area contributed by atoms with E-state index in [4.69, 9.17) is 32.7 Å². The zero-order chi connectivity index (χ0) is 20.5. The predicted molar refractivity (Wildman–Crippen MR) is 119 cm³/mol. The molecule has 1 aliphatic heterocycles. The summed E-state index contributed by atoms with van der Waals surface area (Å²) < 4.78 is 12.8. The van der Waals surface area contributed by atoms with Crippen molar-refractivity contribution >= 4 is 51.0 Å². The van der Waals surface area contributed by atoms with Crippen molar-refractivity contribution in [3.8, 4) is 11.5 Å². The maximum absolute atomic E-state index is 12.7. The molecule has 0 radical (unpaired) electrons. The second-order valence-corrected chi connectivity index (χ2v) is 8.32. The molecule has 3 aromatic rings. The fraction of sp³-hybridized carbons (Fsp3) is 0.0870. The van der Waals surface area contributed by atoms with E-state index in [-0.39, 0.29) is 5.78 Å². The van der Waals surface area contributed by atoms with Crippen molar-refractivity contribution in [1.29, 1.82) is 0 Å². The van der Waals surface area contributed by atoms with E-state index in [1.165, 1.54) is 0 Å². The average Bonchev–Trinajstić information content (AvgIpc) is 3.02. The Kier molecular flexibility index (Phi) is 5.68. The highest BCUT2D eigenvalue weighted by Crippen LogP contribution is 2.39. The Balaban J connectivity index is 1.56. The first kappa shape index (κ1) is 20.0. The van der Waals surface area contributed by atoms with Gasteiger partial charge in [0.1, 0.15) is 18.1 Å². The Morgan fingerprint density at radius 3 is 2.52 bits per heavy atom. The smallest absolute Gasteiger partial charge is 0.231 e. The number of halogens is 3. The van der Waals surface area contributed by atoms with E-state index in [1.54, 1.807) is 30.3 Å². The lowest BCUT2D eigenvalue weighted by Gasteiger charge is -2.12. The summed E-state index contributed by atoms with van der Waals surface area (Å²) in [6.45, 7) is 2.20. The fourth-order valence-electron chi connectivity index (χ4n) is 3.03. The van der Waals surface area contributed by atoms with Gasteiger partial charge in [0.25, 0.3) is 0 Å². The van der Waals surface area contributed by atoms with Gasteiger partial charge in [-0.1, -0.05) is 57.3 Å². The summed E-state index contributed by atoms with van der Waals surface area (Å²) in [6, 6.07) is 16.5. The summed E-state index contributed by atoms with van der Waals surface area (Å²) in [7, 11) is 0. The summed E-state index contributed by atoms with van der Waals surface area (Å²) in [5.74, 6) is 1.34. The molecular weight excluding hydrogens is 475 g/mol. The lowest BCUT2D eigenvalue weighted by molar-refractivity contribution is 0.101. The Morgan fingerprint density at radius 2 is 1.79 bits per heavy atom. The van der Waals surface area contributed by atoms with Crippen molar-refractivity contribution in [2.75, 3.05) is 0 Å². The highest BCUT2D eigenvalue weighted by Gasteiger charge is 2.30. The van der Waals surface area contributed by atoms with Gasteiger partial charge in [-0.25, -0.2) is 0 Å². The van der Waals surface area contributed by atoms with Crippen LogP contribution in [0.2, 0.25) is 10.0 Å². The SMILES string of the molecule is Cc1c(OCc2ccc(Cl)c(Cl)c2)ccc2c1O/C(=C\c1ccc(Br)cc1)C2=O. The van der Waals surface area contributed by atoms with Crippen LogP contribution in [-0.2, 0) is 6.61 Å². The van der Waals surface area contributed by atoms with Crippen molar-refractivity contribution in [3.63, 3.8) is 0 Å². The van der Waals surface area contributed by atoms with Crippen LogP contribution in [0.3, 0.4) is 0 Å². The Morgan fingerprint density at radius 1 is 1.03 bits per heavy atom. The molecule has 0 saturated carbocycles. The molecule has 146 valence electrons.